The Labute approximate surface area is 403 Å². The molecule has 2 aliphatic rings. The van der Waals surface area contributed by atoms with Gasteiger partial charge < -0.3 is 53.1 Å². The molecule has 5 rings (SSSR count). The Hall–Kier alpha value is -6.05. The molecule has 2 aliphatic heterocycles. The molecule has 0 saturated heterocycles. The van der Waals surface area contributed by atoms with Crippen molar-refractivity contribution in [1.29, 1.82) is 0 Å². The first-order valence-electron chi connectivity index (χ1n) is 19.1. The Kier molecular flexibility index (Phi) is 37.0. The van der Waals surface area contributed by atoms with Gasteiger partial charge >= 0.3 is 81.3 Å². The van der Waals surface area contributed by atoms with Gasteiger partial charge in [0.15, 0.2) is 12.0 Å². The third-order valence-electron chi connectivity index (χ3n) is 6.09. The summed E-state index contributed by atoms with van der Waals surface area (Å²) in [7, 11) is 7.36. The number of carbonyl (C=O) groups is 7. The average Bonchev–Trinajstić information content (AvgIpc) is 4.07. The van der Waals surface area contributed by atoms with Crippen LogP contribution in [0.2, 0.25) is 0 Å². The summed E-state index contributed by atoms with van der Waals surface area (Å²) in [5.74, 6) is 3.80. The van der Waals surface area contributed by atoms with Gasteiger partial charge in [-0.25, -0.2) is 19.2 Å². The number of nitrogens with zero attached hydrogens (tertiary/aromatic N) is 5. The van der Waals surface area contributed by atoms with Gasteiger partial charge in [0.1, 0.15) is 30.5 Å². The van der Waals surface area contributed by atoms with Crippen LogP contribution in [0.25, 0.3) is 0 Å². The molecule has 0 aliphatic carbocycles. The number of fused-ring (bicyclic) bond motifs is 1. The zero-order chi connectivity index (χ0) is 53.0. The molecule has 4 heterocycles. The molecule has 1 aromatic carbocycles. The average molecular weight is 999 g/mol. The van der Waals surface area contributed by atoms with Crippen molar-refractivity contribution < 1.29 is 95.0 Å². The normalized spacial score (nSPS) is 12.3. The van der Waals surface area contributed by atoms with E-state index in [2.05, 4.69) is 33.5 Å². The number of hydrogen-bond acceptors (Lipinski definition) is 25. The predicted octanol–water partition coefficient (Wildman–Crippen LogP) is 1.06. The van der Waals surface area contributed by atoms with Crippen molar-refractivity contribution in [3.63, 3.8) is 0 Å². The molecule has 28 heteroatoms. The second kappa shape index (κ2) is 38.0. The van der Waals surface area contributed by atoms with E-state index < -0.39 is 31.2 Å². The monoisotopic (exact) mass is 998 g/mol. The van der Waals surface area contributed by atoms with Crippen molar-refractivity contribution in [3.8, 4) is 0 Å². The molecule has 1 unspecified atom stereocenters. The van der Waals surface area contributed by atoms with Crippen molar-refractivity contribution >= 4 is 81.6 Å². The van der Waals surface area contributed by atoms with E-state index in [-0.39, 0.29) is 48.6 Å². The molecular weight excluding hydrogens is 941 g/mol. The van der Waals surface area contributed by atoms with Crippen LogP contribution in [-0.4, -0.2) is 174 Å². The van der Waals surface area contributed by atoms with Crippen molar-refractivity contribution in [1.82, 2.24) is 15.0 Å². The molecule has 0 spiro atoms. The number of furan rings is 2. The molecule has 2 aromatic heterocycles. The number of cyclic esters (lactones) is 4. The number of aliphatic hydroxyl groups is 3. The zero-order valence-electron chi connectivity index (χ0n) is 39.2. The number of benzene rings is 1. The number of hydrazine groups is 1. The summed E-state index contributed by atoms with van der Waals surface area (Å²) in [6, 6.07) is 9.75. The Morgan fingerprint density at radius 1 is 0.721 bits per heavy atom. The number of ether oxygens (including phenoxy) is 4. The first-order valence-corrected chi connectivity index (χ1v) is 22.4. The summed E-state index contributed by atoms with van der Waals surface area (Å²) in [6.45, 7) is 6.75. The number of hydrazone groups is 2. The second-order valence-corrected chi connectivity index (χ2v) is 16.2. The van der Waals surface area contributed by atoms with Gasteiger partial charge in [-0.15, -0.1) is 0 Å². The van der Waals surface area contributed by atoms with E-state index in [1.165, 1.54) is 31.1 Å². The molecule has 0 saturated carbocycles. The van der Waals surface area contributed by atoms with E-state index in [1.54, 1.807) is 88.6 Å². The molecule has 7 N–H and O–H groups in total. The molecule has 0 fully saturated rings. The summed E-state index contributed by atoms with van der Waals surface area (Å²) in [6.07, 6.45) is 5.84. The van der Waals surface area contributed by atoms with Gasteiger partial charge in [0.25, 0.3) is 0 Å². The van der Waals surface area contributed by atoms with E-state index in [4.69, 9.17) is 39.8 Å². The van der Waals surface area contributed by atoms with Crippen LogP contribution in [0.1, 0.15) is 87.4 Å². The van der Waals surface area contributed by atoms with Crippen LogP contribution in [0.4, 0.5) is 0 Å². The molecule has 68 heavy (non-hydrogen) atoms. The van der Waals surface area contributed by atoms with E-state index in [0.29, 0.717) is 67.7 Å². The van der Waals surface area contributed by atoms with Gasteiger partial charge in [0.2, 0.25) is 0 Å². The molecule has 0 radical (unpaired) electrons. The molecule has 0 amide bonds. The van der Waals surface area contributed by atoms with Crippen LogP contribution in [0, 0.1) is 0 Å². The van der Waals surface area contributed by atoms with E-state index in [0.717, 1.165) is 12.2 Å². The Bertz CT molecular complexity index is 2180. The number of rotatable bonds is 11. The second-order valence-electron chi connectivity index (χ2n) is 12.7. The maximum atomic E-state index is 11.6. The minimum absolute atomic E-state index is 0.0736. The first-order chi connectivity index (χ1) is 31.7. The van der Waals surface area contributed by atoms with E-state index in [9.17, 15) is 37.8 Å². The van der Waals surface area contributed by atoms with Crippen molar-refractivity contribution in [3.05, 3.63) is 93.8 Å². The molecular formula is C40H58MgN6O20S. The summed E-state index contributed by atoms with van der Waals surface area (Å²) in [5.41, 5.74) is 1.16. The van der Waals surface area contributed by atoms with Crippen LogP contribution >= 0.6 is 0 Å². The third kappa shape index (κ3) is 35.2. The van der Waals surface area contributed by atoms with Crippen molar-refractivity contribution in [2.75, 3.05) is 55.5 Å². The standard InChI is InChI=1S/C12H12N2O4.C8H12N2O2.C6H6O3.C4H2O3.2C4H8O2.C2H8N2.Mg.H2O4S/c1-14(2)13-5-7-3-4-8(6-15)10-9(7)11(16)18-12(10)17;1-10(2)9-5-7-3-4-8(6-11)12-7;7-3-5-1-2-6(4-8)9-5;5-3-1-2-4(6)7-3;2*1-3-6-4(2)5;1-4(2)3;;1-4-5(2)3/h3-5,15H,6H2,1-2H3;3-5,11H,6H2,1-2H3;1-3,8H,4H2;1-2H;2*3H2,1-2H3;3H2,1-2H3;;1H,(H,2,3)/b13-5-;9-5+;;;;;;;. The van der Waals surface area contributed by atoms with E-state index >= 15 is 0 Å². The summed E-state index contributed by atoms with van der Waals surface area (Å²) in [5, 5.41) is 46.4. The van der Waals surface area contributed by atoms with Gasteiger partial charge in [-0.05, 0) is 43.7 Å². The SMILES string of the molecule is CCOC(C)=O.CCOC(C)=O.CN(C)/N=C/c1ccc(CO)o1.CN(C)/N=C\c1ccc(CO)c2c1C(=O)OC2=O.CN(C)N.O=C1C=CC(=O)O1.O=Cc1ccc(CO)o1.O=[S](O)(=[Mg])OO. The summed E-state index contributed by atoms with van der Waals surface area (Å²) in [4.78, 5) is 72.6. The van der Waals surface area contributed by atoms with Crippen molar-refractivity contribution in [2.45, 2.75) is 47.5 Å². The van der Waals surface area contributed by atoms with Crippen LogP contribution in [0.3, 0.4) is 0 Å². The van der Waals surface area contributed by atoms with Crippen LogP contribution < -0.4 is 5.84 Å². The first kappa shape index (κ1) is 66.2. The Balaban J connectivity index is -0.000000748. The minimum atomic E-state index is -3.33. The number of esters is 6. The molecule has 376 valence electrons. The Morgan fingerprint density at radius 2 is 1.13 bits per heavy atom. The number of nitrogens with two attached hydrogens (primary N) is 1. The van der Waals surface area contributed by atoms with Crippen molar-refractivity contribution in [2.24, 2.45) is 16.0 Å². The maximum absolute atomic E-state index is 11.6. The fourth-order valence-electron chi connectivity index (χ4n) is 3.69. The number of aldehydes is 1. The number of hydrogen-bond donors (Lipinski definition) is 6. The molecule has 3 aromatic rings. The number of aliphatic hydroxyl groups excluding tert-OH is 3. The molecule has 1 atom stereocenters. The zero-order valence-corrected chi connectivity index (χ0v) is 41.4. The topological polar surface area (TPSA) is 371 Å². The summed E-state index contributed by atoms with van der Waals surface area (Å²) >= 11 is 0.671. The van der Waals surface area contributed by atoms with Gasteiger partial charge in [-0.3, -0.25) is 25.2 Å². The van der Waals surface area contributed by atoms with Crippen LogP contribution in [0.5, 0.6) is 0 Å². The van der Waals surface area contributed by atoms with Gasteiger partial charge in [-0.2, -0.15) is 10.2 Å². The van der Waals surface area contributed by atoms with Crippen LogP contribution in [-0.2, 0) is 69.6 Å². The summed E-state index contributed by atoms with van der Waals surface area (Å²) < 4.78 is 47.8. The molecule has 0 bridgehead atoms. The number of carbonyl (C=O) groups excluding carboxylic acids is 7. The van der Waals surface area contributed by atoms with Gasteiger partial charge in [0.05, 0.1) is 43.4 Å². The fraction of sp³-hybridized carbons (Fsp3) is 0.375. The van der Waals surface area contributed by atoms with Gasteiger partial charge in [-0.1, -0.05) is 12.1 Å². The molecule has 26 nitrogen and oxygen atoms in total. The predicted molar refractivity (Wildman–Crippen MR) is 242 cm³/mol. The van der Waals surface area contributed by atoms with Gasteiger partial charge in [0, 0.05) is 73.8 Å². The fourth-order valence-corrected chi connectivity index (χ4v) is 3.69. The Morgan fingerprint density at radius 3 is 1.43 bits per heavy atom. The van der Waals surface area contributed by atoms with E-state index in [1.807, 2.05) is 14.1 Å². The third-order valence-corrected chi connectivity index (χ3v) is 6.64. The van der Waals surface area contributed by atoms with Crippen LogP contribution in [0.15, 0.2) is 67.6 Å². The quantitative estimate of drug-likeness (QED) is 0.0180.